The van der Waals surface area contributed by atoms with Crippen molar-refractivity contribution < 1.29 is 8.81 Å². The summed E-state index contributed by atoms with van der Waals surface area (Å²) < 4.78 is 19.4. The molecule has 1 saturated carbocycles. The monoisotopic (exact) mass is 283 g/mol. The van der Waals surface area contributed by atoms with Crippen molar-refractivity contribution in [3.63, 3.8) is 0 Å². The molecular weight excluding hydrogens is 269 g/mol. The molecule has 1 fully saturated rings. The number of furan rings is 1. The Morgan fingerprint density at radius 2 is 2.10 bits per heavy atom. The molecule has 0 unspecified atom stereocenters. The van der Waals surface area contributed by atoms with Crippen molar-refractivity contribution in [2.24, 2.45) is 0 Å². The highest BCUT2D eigenvalue weighted by Gasteiger charge is 2.27. The van der Waals surface area contributed by atoms with E-state index >= 15 is 0 Å². The van der Waals surface area contributed by atoms with E-state index in [-0.39, 0.29) is 11.4 Å². The van der Waals surface area contributed by atoms with E-state index in [0.717, 1.165) is 29.9 Å². The molecule has 0 spiro atoms. The van der Waals surface area contributed by atoms with Gasteiger partial charge in [0.25, 0.3) is 0 Å². The summed E-state index contributed by atoms with van der Waals surface area (Å²) in [5, 5.41) is 3.78. The minimum atomic E-state index is -0.357. The predicted molar refractivity (Wildman–Crippen MR) is 78.7 cm³/mol. The minimum absolute atomic E-state index is 0.269. The van der Waals surface area contributed by atoms with Crippen LogP contribution in [0.2, 0.25) is 0 Å². The Hall–Kier alpha value is -2.43. The highest BCUT2D eigenvalue weighted by Crippen LogP contribution is 2.39. The summed E-state index contributed by atoms with van der Waals surface area (Å²) in [6.07, 6.45) is 2.25. The van der Waals surface area contributed by atoms with Gasteiger partial charge in [-0.1, -0.05) is 12.1 Å². The second kappa shape index (κ2) is 4.55. The Kier molecular flexibility index (Phi) is 2.67. The Morgan fingerprint density at radius 3 is 2.81 bits per heavy atom. The summed E-state index contributed by atoms with van der Waals surface area (Å²) >= 11 is 0. The van der Waals surface area contributed by atoms with E-state index in [0.29, 0.717) is 17.4 Å². The zero-order valence-corrected chi connectivity index (χ0v) is 11.6. The summed E-state index contributed by atoms with van der Waals surface area (Å²) in [7, 11) is 1.82. The molecule has 0 saturated heterocycles. The van der Waals surface area contributed by atoms with E-state index in [4.69, 9.17) is 4.42 Å². The fraction of sp³-hybridized carbons (Fsp3) is 0.250. The van der Waals surface area contributed by atoms with Crippen LogP contribution in [0.4, 0.5) is 10.2 Å². The number of benzene rings is 1. The van der Waals surface area contributed by atoms with Crippen LogP contribution in [-0.2, 0) is 0 Å². The maximum atomic E-state index is 13.7. The Balaban J connectivity index is 1.87. The summed E-state index contributed by atoms with van der Waals surface area (Å²) in [6.45, 7) is 0. The number of nitrogens with zero attached hydrogens (tertiary/aromatic N) is 2. The molecule has 1 N–H and O–H groups in total. The van der Waals surface area contributed by atoms with Crippen LogP contribution in [0.5, 0.6) is 0 Å². The van der Waals surface area contributed by atoms with Crippen molar-refractivity contribution in [3.05, 3.63) is 42.0 Å². The number of anilines is 1. The van der Waals surface area contributed by atoms with Gasteiger partial charge in [-0.05, 0) is 25.0 Å². The van der Waals surface area contributed by atoms with Gasteiger partial charge in [-0.15, -0.1) is 0 Å². The van der Waals surface area contributed by atoms with E-state index in [1.54, 1.807) is 6.07 Å². The smallest absolute Gasteiger partial charge is 0.170 e. The summed E-state index contributed by atoms with van der Waals surface area (Å²) in [6, 6.07) is 8.53. The number of fused-ring (bicyclic) bond motifs is 1. The van der Waals surface area contributed by atoms with Crippen LogP contribution < -0.4 is 5.32 Å². The van der Waals surface area contributed by atoms with Gasteiger partial charge in [0.2, 0.25) is 0 Å². The van der Waals surface area contributed by atoms with E-state index < -0.39 is 0 Å². The molecule has 5 heteroatoms. The zero-order chi connectivity index (χ0) is 14.4. The number of hydrogen-bond acceptors (Lipinski definition) is 4. The van der Waals surface area contributed by atoms with E-state index in [1.165, 1.54) is 6.07 Å². The first-order valence-corrected chi connectivity index (χ1v) is 7.00. The van der Waals surface area contributed by atoms with Crippen molar-refractivity contribution in [2.45, 2.75) is 18.8 Å². The summed E-state index contributed by atoms with van der Waals surface area (Å²) in [4.78, 5) is 9.04. The maximum absolute atomic E-state index is 13.7. The van der Waals surface area contributed by atoms with E-state index in [9.17, 15) is 4.39 Å². The van der Waals surface area contributed by atoms with Crippen LogP contribution in [0.1, 0.15) is 24.6 Å². The molecule has 1 aliphatic rings. The molecule has 21 heavy (non-hydrogen) atoms. The van der Waals surface area contributed by atoms with Crippen molar-refractivity contribution in [1.82, 2.24) is 9.97 Å². The molecule has 4 nitrogen and oxygen atoms in total. The average Bonchev–Trinajstić information content (AvgIpc) is 3.26. The average molecular weight is 283 g/mol. The lowest BCUT2D eigenvalue weighted by Gasteiger charge is -2.05. The molecule has 0 radical (unpaired) electrons. The van der Waals surface area contributed by atoms with E-state index in [2.05, 4.69) is 15.3 Å². The summed E-state index contributed by atoms with van der Waals surface area (Å²) in [5.41, 5.74) is 0.956. The Morgan fingerprint density at radius 1 is 1.24 bits per heavy atom. The highest BCUT2D eigenvalue weighted by atomic mass is 19.1. The molecule has 0 bridgehead atoms. The molecule has 1 aromatic carbocycles. The van der Waals surface area contributed by atoms with Crippen LogP contribution in [0, 0.1) is 5.82 Å². The maximum Gasteiger partial charge on any atom is 0.170 e. The summed E-state index contributed by atoms with van der Waals surface area (Å²) in [5.74, 6) is 2.23. The first kappa shape index (κ1) is 12.3. The third kappa shape index (κ3) is 2.14. The Bertz CT molecular complexity index is 824. The first-order valence-electron chi connectivity index (χ1n) is 7.00. The topological polar surface area (TPSA) is 51.0 Å². The van der Waals surface area contributed by atoms with Crippen LogP contribution in [0.25, 0.3) is 22.4 Å². The molecule has 0 aliphatic heterocycles. The molecule has 0 amide bonds. The minimum Gasteiger partial charge on any atom is -0.451 e. The fourth-order valence-electron chi connectivity index (χ4n) is 2.40. The fourth-order valence-corrected chi connectivity index (χ4v) is 2.40. The predicted octanol–water partition coefficient (Wildman–Crippen LogP) is 3.95. The highest BCUT2D eigenvalue weighted by molar-refractivity contribution is 5.82. The Labute approximate surface area is 121 Å². The largest absolute Gasteiger partial charge is 0.451 e. The van der Waals surface area contributed by atoms with E-state index in [1.807, 2.05) is 25.2 Å². The quantitative estimate of drug-likeness (QED) is 0.790. The van der Waals surface area contributed by atoms with Gasteiger partial charge in [0, 0.05) is 24.4 Å². The molecule has 3 aromatic rings. The standard InChI is InChI=1S/C16H14FN3O/c1-18-14-8-12(19-16(20-14)9-5-6-9)13-7-10-3-2-4-11(17)15(10)21-13/h2-4,7-9H,5-6H2,1H3,(H,18,19,20). The second-order valence-corrected chi connectivity index (χ2v) is 5.29. The number of aromatic nitrogens is 2. The van der Waals surface area contributed by atoms with Crippen molar-refractivity contribution in [3.8, 4) is 11.5 Å². The van der Waals surface area contributed by atoms with Gasteiger partial charge in [0.05, 0.1) is 0 Å². The first-order chi connectivity index (χ1) is 10.2. The molecular formula is C16H14FN3O. The van der Waals surface area contributed by atoms with Crippen molar-refractivity contribution >= 4 is 16.8 Å². The number of para-hydroxylation sites is 1. The lowest BCUT2D eigenvalue weighted by Crippen LogP contribution is -2.00. The molecule has 106 valence electrons. The van der Waals surface area contributed by atoms with Crippen molar-refractivity contribution in [1.29, 1.82) is 0 Å². The van der Waals surface area contributed by atoms with Gasteiger partial charge < -0.3 is 9.73 Å². The molecule has 2 heterocycles. The molecule has 2 aromatic heterocycles. The zero-order valence-electron chi connectivity index (χ0n) is 11.6. The molecule has 4 rings (SSSR count). The number of halogens is 1. The van der Waals surface area contributed by atoms with Crippen LogP contribution in [0.3, 0.4) is 0 Å². The molecule has 0 atom stereocenters. The van der Waals surface area contributed by atoms with Crippen LogP contribution >= 0.6 is 0 Å². The third-order valence-electron chi connectivity index (χ3n) is 3.69. The van der Waals surface area contributed by atoms with Crippen LogP contribution in [0.15, 0.2) is 34.7 Å². The van der Waals surface area contributed by atoms with Crippen LogP contribution in [-0.4, -0.2) is 17.0 Å². The van der Waals surface area contributed by atoms with Gasteiger partial charge in [0.1, 0.15) is 17.3 Å². The number of hydrogen-bond donors (Lipinski definition) is 1. The SMILES string of the molecule is CNc1cc(-c2cc3cccc(F)c3o2)nc(C2CC2)n1. The number of nitrogens with one attached hydrogen (secondary N) is 1. The van der Waals surface area contributed by atoms with Gasteiger partial charge in [-0.25, -0.2) is 14.4 Å². The molecule has 1 aliphatic carbocycles. The third-order valence-corrected chi connectivity index (χ3v) is 3.69. The lowest BCUT2D eigenvalue weighted by molar-refractivity contribution is 0.567. The normalized spacial score (nSPS) is 14.6. The second-order valence-electron chi connectivity index (χ2n) is 5.29. The van der Waals surface area contributed by atoms with Gasteiger partial charge >= 0.3 is 0 Å². The van der Waals surface area contributed by atoms with Crippen molar-refractivity contribution in [2.75, 3.05) is 12.4 Å². The lowest BCUT2D eigenvalue weighted by atomic mass is 10.2. The van der Waals surface area contributed by atoms with Gasteiger partial charge in [0.15, 0.2) is 17.2 Å². The van der Waals surface area contributed by atoms with Gasteiger partial charge in [-0.3, -0.25) is 0 Å². The van der Waals surface area contributed by atoms with Gasteiger partial charge in [-0.2, -0.15) is 0 Å². The number of rotatable bonds is 3.